The minimum absolute atomic E-state index is 0.0604. The Kier molecular flexibility index (Phi) is 3.49. The van der Waals surface area contributed by atoms with Gasteiger partial charge in [0.25, 0.3) is 0 Å². The summed E-state index contributed by atoms with van der Waals surface area (Å²) in [5, 5.41) is 5.62. The topological polar surface area (TPSA) is 57.0 Å². The molecule has 102 valence electrons. The summed E-state index contributed by atoms with van der Waals surface area (Å²) < 4.78 is 6.86. The number of hydrogen-bond donors (Lipinski definition) is 0. The molecule has 0 unspecified atom stereocenters. The smallest absolute Gasteiger partial charge is 0.328 e. The third-order valence-corrected chi connectivity index (χ3v) is 2.69. The molecule has 0 aromatic carbocycles. The molecule has 19 heavy (non-hydrogen) atoms. The molecule has 0 N–H and O–H groups in total. The first-order chi connectivity index (χ1) is 8.76. The molecule has 0 aliphatic carbocycles. The zero-order chi connectivity index (χ0) is 14.2. The van der Waals surface area contributed by atoms with Crippen molar-refractivity contribution in [3.8, 4) is 0 Å². The number of ether oxygens (including phenoxy) is 1. The van der Waals surface area contributed by atoms with Crippen LogP contribution in [0.25, 0.3) is 10.9 Å². The van der Waals surface area contributed by atoms with Gasteiger partial charge >= 0.3 is 5.97 Å². The van der Waals surface area contributed by atoms with E-state index in [2.05, 4.69) is 10.1 Å². The predicted molar refractivity (Wildman–Crippen MR) is 73.1 cm³/mol. The van der Waals surface area contributed by atoms with E-state index in [1.165, 1.54) is 0 Å². The third kappa shape index (κ3) is 3.23. The Morgan fingerprint density at radius 2 is 2.16 bits per heavy atom. The van der Waals surface area contributed by atoms with Gasteiger partial charge in [0, 0.05) is 5.39 Å². The molecule has 2 aromatic rings. The van der Waals surface area contributed by atoms with Crippen LogP contribution >= 0.6 is 11.6 Å². The highest BCUT2D eigenvalue weighted by Crippen LogP contribution is 2.20. The van der Waals surface area contributed by atoms with Crippen molar-refractivity contribution in [1.29, 1.82) is 0 Å². The molecule has 0 bridgehead atoms. The van der Waals surface area contributed by atoms with E-state index < -0.39 is 5.60 Å². The van der Waals surface area contributed by atoms with Crippen LogP contribution in [0.5, 0.6) is 0 Å². The van der Waals surface area contributed by atoms with E-state index in [1.54, 1.807) is 16.9 Å². The molecule has 0 fully saturated rings. The predicted octanol–water partition coefficient (Wildman–Crippen LogP) is 2.73. The number of halogens is 1. The van der Waals surface area contributed by atoms with Gasteiger partial charge < -0.3 is 4.74 Å². The molecule has 0 saturated heterocycles. The third-order valence-electron chi connectivity index (χ3n) is 2.49. The van der Waals surface area contributed by atoms with Gasteiger partial charge in [0.2, 0.25) is 0 Å². The van der Waals surface area contributed by atoms with Gasteiger partial charge in [0.15, 0.2) is 0 Å². The van der Waals surface area contributed by atoms with Crippen LogP contribution in [0.15, 0.2) is 12.3 Å². The van der Waals surface area contributed by atoms with Crippen molar-refractivity contribution in [3.05, 3.63) is 23.1 Å². The van der Waals surface area contributed by atoms with Gasteiger partial charge in [-0.05, 0) is 33.8 Å². The molecule has 0 atom stereocenters. The average Bonchev–Trinajstić information content (AvgIpc) is 2.52. The Bertz CT molecular complexity index is 629. The van der Waals surface area contributed by atoms with Crippen LogP contribution in [0.1, 0.15) is 26.5 Å². The van der Waals surface area contributed by atoms with Gasteiger partial charge in [-0.1, -0.05) is 11.6 Å². The number of carbonyl (C=O) groups excluding carboxylic acids is 1. The van der Waals surface area contributed by atoms with Crippen molar-refractivity contribution in [2.75, 3.05) is 0 Å². The van der Waals surface area contributed by atoms with E-state index in [1.807, 2.05) is 27.7 Å². The maximum Gasteiger partial charge on any atom is 0.328 e. The number of hydrogen-bond acceptors (Lipinski definition) is 4. The van der Waals surface area contributed by atoms with Crippen LogP contribution in [-0.4, -0.2) is 26.3 Å². The molecule has 5 nitrogen and oxygen atoms in total. The monoisotopic (exact) mass is 281 g/mol. The van der Waals surface area contributed by atoms with Crippen LogP contribution in [0.3, 0.4) is 0 Å². The number of carbonyl (C=O) groups is 1. The van der Waals surface area contributed by atoms with Crippen molar-refractivity contribution < 1.29 is 9.53 Å². The number of aromatic nitrogens is 3. The molecule has 0 amide bonds. The van der Waals surface area contributed by atoms with E-state index >= 15 is 0 Å². The fourth-order valence-electron chi connectivity index (χ4n) is 1.82. The zero-order valence-electron chi connectivity index (χ0n) is 11.4. The fourth-order valence-corrected chi connectivity index (χ4v) is 1.98. The van der Waals surface area contributed by atoms with E-state index in [0.717, 1.165) is 16.6 Å². The van der Waals surface area contributed by atoms with E-state index in [9.17, 15) is 4.79 Å². The van der Waals surface area contributed by atoms with Gasteiger partial charge in [0.1, 0.15) is 17.3 Å². The molecular weight excluding hydrogens is 266 g/mol. The Morgan fingerprint density at radius 3 is 2.79 bits per heavy atom. The summed E-state index contributed by atoms with van der Waals surface area (Å²) in [6, 6.07) is 1.74. The number of esters is 1. The molecule has 0 spiro atoms. The lowest BCUT2D eigenvalue weighted by molar-refractivity contribution is -0.155. The second kappa shape index (κ2) is 4.81. The van der Waals surface area contributed by atoms with E-state index in [-0.39, 0.29) is 12.5 Å². The molecule has 0 saturated carbocycles. The highest BCUT2D eigenvalue weighted by Gasteiger charge is 2.18. The van der Waals surface area contributed by atoms with Crippen LogP contribution in [0, 0.1) is 6.92 Å². The lowest BCUT2D eigenvalue weighted by atomic mass is 10.2. The highest BCUT2D eigenvalue weighted by atomic mass is 35.5. The largest absolute Gasteiger partial charge is 0.459 e. The van der Waals surface area contributed by atoms with E-state index in [4.69, 9.17) is 16.3 Å². The molecule has 2 heterocycles. The van der Waals surface area contributed by atoms with Gasteiger partial charge in [0.05, 0.1) is 17.4 Å². The average molecular weight is 282 g/mol. The fraction of sp³-hybridized carbons (Fsp3) is 0.462. The molecule has 0 aliphatic heterocycles. The molecule has 2 rings (SSSR count). The lowest BCUT2D eigenvalue weighted by Gasteiger charge is -2.19. The number of pyridine rings is 1. The minimum Gasteiger partial charge on any atom is -0.459 e. The van der Waals surface area contributed by atoms with Crippen LogP contribution in [0.4, 0.5) is 0 Å². The van der Waals surface area contributed by atoms with Crippen LogP contribution < -0.4 is 0 Å². The van der Waals surface area contributed by atoms with Crippen molar-refractivity contribution in [2.24, 2.45) is 0 Å². The van der Waals surface area contributed by atoms with Gasteiger partial charge in [-0.3, -0.25) is 9.48 Å². The maximum absolute atomic E-state index is 11.8. The Hall–Kier alpha value is -1.62. The van der Waals surface area contributed by atoms with Crippen LogP contribution in [-0.2, 0) is 16.1 Å². The van der Waals surface area contributed by atoms with Crippen molar-refractivity contribution in [3.63, 3.8) is 0 Å². The first kappa shape index (κ1) is 13.8. The van der Waals surface area contributed by atoms with Crippen molar-refractivity contribution in [1.82, 2.24) is 14.8 Å². The Balaban J connectivity index is 2.29. The molecular formula is C13H16ClN3O2. The van der Waals surface area contributed by atoms with Gasteiger partial charge in [-0.25, -0.2) is 4.98 Å². The van der Waals surface area contributed by atoms with Gasteiger partial charge in [-0.15, -0.1) is 0 Å². The normalized spacial score (nSPS) is 11.8. The number of fused-ring (bicyclic) bond motifs is 1. The van der Waals surface area contributed by atoms with Crippen molar-refractivity contribution in [2.45, 2.75) is 39.8 Å². The highest BCUT2D eigenvalue weighted by molar-refractivity contribution is 6.30. The quantitative estimate of drug-likeness (QED) is 0.627. The zero-order valence-corrected chi connectivity index (χ0v) is 12.2. The number of nitrogens with zero attached hydrogens (tertiary/aromatic N) is 3. The van der Waals surface area contributed by atoms with E-state index in [0.29, 0.717) is 5.15 Å². The summed E-state index contributed by atoms with van der Waals surface area (Å²) in [6.07, 6.45) is 1.61. The molecule has 6 heteroatoms. The minimum atomic E-state index is -0.503. The summed E-state index contributed by atoms with van der Waals surface area (Å²) >= 11 is 5.85. The first-order valence-electron chi connectivity index (χ1n) is 5.97. The summed E-state index contributed by atoms with van der Waals surface area (Å²) in [5.74, 6) is -0.327. The molecule has 0 radical (unpaired) electrons. The Labute approximate surface area is 116 Å². The Morgan fingerprint density at radius 1 is 1.47 bits per heavy atom. The lowest BCUT2D eigenvalue weighted by Crippen LogP contribution is -2.26. The number of rotatable bonds is 2. The summed E-state index contributed by atoms with van der Waals surface area (Å²) in [7, 11) is 0. The van der Waals surface area contributed by atoms with Crippen LogP contribution in [0.2, 0.25) is 5.15 Å². The summed E-state index contributed by atoms with van der Waals surface area (Å²) in [5.41, 5.74) is 1.08. The van der Waals surface area contributed by atoms with Crippen molar-refractivity contribution >= 4 is 28.5 Å². The molecule has 0 aliphatic rings. The second-order valence-electron chi connectivity index (χ2n) is 5.35. The second-order valence-corrected chi connectivity index (χ2v) is 5.74. The summed E-state index contributed by atoms with van der Waals surface area (Å²) in [4.78, 5) is 15.8. The SMILES string of the molecule is Cc1nn(CC(=O)OC(C)(C)C)c2cnc(Cl)cc12. The first-order valence-corrected chi connectivity index (χ1v) is 6.34. The van der Waals surface area contributed by atoms with Gasteiger partial charge in [-0.2, -0.15) is 5.10 Å². The molecule has 2 aromatic heterocycles. The standard InChI is InChI=1S/C13H16ClN3O2/c1-8-9-5-11(14)15-6-10(9)17(16-8)7-12(18)19-13(2,3)4/h5-6H,7H2,1-4H3. The summed E-state index contributed by atoms with van der Waals surface area (Å²) in [6.45, 7) is 7.42. The maximum atomic E-state index is 11.8. The number of aryl methyl sites for hydroxylation is 1.